The van der Waals surface area contributed by atoms with Crippen LogP contribution < -0.4 is 19.1 Å². The maximum Gasteiger partial charge on any atom is 0.254 e. The summed E-state index contributed by atoms with van der Waals surface area (Å²) in [6.45, 7) is 2.17. The molecule has 166 valence electrons. The molecule has 1 heterocycles. The Morgan fingerprint density at radius 3 is 2.26 bits per heavy atom. The van der Waals surface area contributed by atoms with Crippen LogP contribution in [0.3, 0.4) is 0 Å². The van der Waals surface area contributed by atoms with Gasteiger partial charge >= 0.3 is 0 Å². The van der Waals surface area contributed by atoms with Gasteiger partial charge in [0.25, 0.3) is 5.91 Å². The van der Waals surface area contributed by atoms with Gasteiger partial charge in [-0.3, -0.25) is 14.3 Å². The lowest BCUT2D eigenvalue weighted by atomic mass is 10.1. The topological polar surface area (TPSA) is 105 Å². The Balaban J connectivity index is 1.69. The fraction of sp³-hybridized carbons (Fsp3) is 0.333. The highest BCUT2D eigenvalue weighted by Crippen LogP contribution is 2.29. The van der Waals surface area contributed by atoms with Gasteiger partial charge in [-0.25, -0.2) is 8.42 Å². The molecule has 0 aromatic heterocycles. The fourth-order valence-corrected chi connectivity index (χ4v) is 4.04. The van der Waals surface area contributed by atoms with Gasteiger partial charge in [0.05, 0.1) is 26.2 Å². The molecule has 3 rings (SSSR count). The van der Waals surface area contributed by atoms with Gasteiger partial charge in [-0.1, -0.05) is 0 Å². The van der Waals surface area contributed by atoms with Gasteiger partial charge in [-0.15, -0.1) is 0 Å². The average Bonchev–Trinajstić information content (AvgIpc) is 2.77. The molecule has 0 atom stereocenters. The number of rotatable bonds is 7. The molecule has 1 N–H and O–H groups in total. The molecular weight excluding hydrogens is 422 g/mol. The quantitative estimate of drug-likeness (QED) is 0.646. The van der Waals surface area contributed by atoms with Crippen LogP contribution in [0.2, 0.25) is 0 Å². The van der Waals surface area contributed by atoms with E-state index >= 15 is 0 Å². The van der Waals surface area contributed by atoms with Gasteiger partial charge < -0.3 is 19.3 Å². The fourth-order valence-electron chi connectivity index (χ4n) is 3.46. The van der Waals surface area contributed by atoms with Crippen LogP contribution in [-0.2, 0) is 10.0 Å². The molecule has 1 fully saturated rings. The van der Waals surface area contributed by atoms with Crippen LogP contribution in [0.1, 0.15) is 20.7 Å². The predicted molar refractivity (Wildman–Crippen MR) is 118 cm³/mol. The number of hydrogen-bond donors (Lipinski definition) is 1. The van der Waals surface area contributed by atoms with Crippen LogP contribution in [0.5, 0.6) is 11.5 Å². The van der Waals surface area contributed by atoms with Crippen LogP contribution in [0.4, 0.5) is 11.4 Å². The summed E-state index contributed by atoms with van der Waals surface area (Å²) < 4.78 is 35.7. The summed E-state index contributed by atoms with van der Waals surface area (Å²) in [5.74, 6) is 0.960. The first-order chi connectivity index (χ1) is 14.8. The van der Waals surface area contributed by atoms with Gasteiger partial charge in [0.1, 0.15) is 0 Å². The van der Waals surface area contributed by atoms with Crippen molar-refractivity contribution in [2.24, 2.45) is 0 Å². The molecule has 1 aliphatic heterocycles. The van der Waals surface area contributed by atoms with Gasteiger partial charge in [0, 0.05) is 43.0 Å². The van der Waals surface area contributed by atoms with Gasteiger partial charge in [-0.05, 0) is 36.4 Å². The Labute approximate surface area is 181 Å². The molecule has 0 spiro atoms. The number of anilines is 2. The number of nitrogens with one attached hydrogen (secondary N) is 1. The van der Waals surface area contributed by atoms with Gasteiger partial charge in [-0.2, -0.15) is 0 Å². The van der Waals surface area contributed by atoms with E-state index in [1.165, 1.54) is 7.11 Å². The van der Waals surface area contributed by atoms with Crippen molar-refractivity contribution in [1.82, 2.24) is 4.90 Å². The van der Waals surface area contributed by atoms with Crippen molar-refractivity contribution >= 4 is 33.6 Å². The van der Waals surface area contributed by atoms with E-state index in [1.54, 1.807) is 48.4 Å². The molecule has 10 heteroatoms. The van der Waals surface area contributed by atoms with E-state index in [0.29, 0.717) is 49.5 Å². The minimum atomic E-state index is -3.48. The molecule has 1 amide bonds. The molecule has 0 unspecified atom stereocenters. The lowest BCUT2D eigenvalue weighted by molar-refractivity contribution is 0.0746. The Hall–Kier alpha value is -3.27. The van der Waals surface area contributed by atoms with Crippen molar-refractivity contribution in [3.63, 3.8) is 0 Å². The van der Waals surface area contributed by atoms with Gasteiger partial charge in [0.2, 0.25) is 10.0 Å². The zero-order valence-corrected chi connectivity index (χ0v) is 18.4. The van der Waals surface area contributed by atoms with Crippen molar-refractivity contribution in [2.75, 3.05) is 56.3 Å². The Bertz CT molecular complexity index is 1080. The third kappa shape index (κ3) is 5.26. The van der Waals surface area contributed by atoms with Gasteiger partial charge in [0.15, 0.2) is 17.8 Å². The normalized spacial score (nSPS) is 14.2. The maximum absolute atomic E-state index is 12.9. The van der Waals surface area contributed by atoms with E-state index in [9.17, 15) is 18.0 Å². The molecule has 0 radical (unpaired) electrons. The largest absolute Gasteiger partial charge is 0.493 e. The zero-order chi connectivity index (χ0) is 22.6. The van der Waals surface area contributed by atoms with Crippen molar-refractivity contribution < 1.29 is 27.5 Å². The molecule has 0 aliphatic carbocycles. The van der Waals surface area contributed by atoms with Crippen molar-refractivity contribution in [2.45, 2.75) is 0 Å². The van der Waals surface area contributed by atoms with Crippen LogP contribution >= 0.6 is 0 Å². The van der Waals surface area contributed by atoms with E-state index in [-0.39, 0.29) is 17.2 Å². The van der Waals surface area contributed by atoms with Crippen LogP contribution in [0, 0.1) is 0 Å². The highest BCUT2D eigenvalue weighted by molar-refractivity contribution is 7.92. The number of aldehydes is 1. The van der Waals surface area contributed by atoms with E-state index in [1.807, 2.05) is 0 Å². The number of hydrogen-bond acceptors (Lipinski definition) is 7. The van der Waals surface area contributed by atoms with E-state index in [4.69, 9.17) is 9.47 Å². The minimum Gasteiger partial charge on any atom is -0.493 e. The molecule has 31 heavy (non-hydrogen) atoms. The number of ether oxygens (including phenoxy) is 2. The van der Waals surface area contributed by atoms with E-state index in [0.717, 1.165) is 11.9 Å². The summed E-state index contributed by atoms with van der Waals surface area (Å²) in [4.78, 5) is 28.1. The smallest absolute Gasteiger partial charge is 0.254 e. The molecule has 0 bridgehead atoms. The van der Waals surface area contributed by atoms with Crippen molar-refractivity contribution in [3.05, 3.63) is 47.5 Å². The summed E-state index contributed by atoms with van der Waals surface area (Å²) >= 11 is 0. The molecule has 2 aromatic carbocycles. The number of nitrogens with zero attached hydrogens (tertiary/aromatic N) is 2. The third-order valence-corrected chi connectivity index (χ3v) is 5.61. The summed E-state index contributed by atoms with van der Waals surface area (Å²) in [6, 6.07) is 10.0. The van der Waals surface area contributed by atoms with E-state index < -0.39 is 10.0 Å². The second kappa shape index (κ2) is 9.25. The zero-order valence-electron chi connectivity index (χ0n) is 17.6. The Kier molecular flexibility index (Phi) is 6.69. The number of sulfonamides is 1. The second-order valence-corrected chi connectivity index (χ2v) is 8.86. The minimum absolute atomic E-state index is 0.0955. The number of carbonyl (C=O) groups excluding carboxylic acids is 2. The molecule has 1 aliphatic rings. The number of methoxy groups -OCH3 is 2. The summed E-state index contributed by atoms with van der Waals surface area (Å²) in [6.07, 6.45) is 1.65. The first-order valence-corrected chi connectivity index (χ1v) is 11.5. The second-order valence-electron chi connectivity index (χ2n) is 7.11. The lowest BCUT2D eigenvalue weighted by Crippen LogP contribution is -2.48. The highest BCUT2D eigenvalue weighted by Gasteiger charge is 2.24. The SMILES string of the molecule is COc1ccc(C(=O)N2CCN(c3ccc(NS(C)(=O)=O)c(C=O)c3)CC2)cc1OC. The lowest BCUT2D eigenvalue weighted by Gasteiger charge is -2.36. The number of piperazine rings is 1. The summed E-state index contributed by atoms with van der Waals surface area (Å²) in [5, 5.41) is 0. The third-order valence-electron chi connectivity index (χ3n) is 5.02. The van der Waals surface area contributed by atoms with Crippen LogP contribution in [0.15, 0.2) is 36.4 Å². The monoisotopic (exact) mass is 447 g/mol. The Morgan fingerprint density at radius 2 is 1.68 bits per heavy atom. The maximum atomic E-state index is 12.9. The number of amides is 1. The number of carbonyl (C=O) groups is 2. The van der Waals surface area contributed by atoms with Crippen molar-refractivity contribution in [3.8, 4) is 11.5 Å². The molecular formula is C21H25N3O6S. The van der Waals surface area contributed by atoms with Crippen molar-refractivity contribution in [1.29, 1.82) is 0 Å². The van der Waals surface area contributed by atoms with E-state index in [2.05, 4.69) is 9.62 Å². The molecule has 9 nitrogen and oxygen atoms in total. The first-order valence-electron chi connectivity index (χ1n) is 9.59. The molecule has 0 saturated carbocycles. The average molecular weight is 448 g/mol. The number of benzene rings is 2. The Morgan fingerprint density at radius 1 is 1.00 bits per heavy atom. The van der Waals surface area contributed by atoms with Crippen LogP contribution in [-0.4, -0.2) is 72.2 Å². The summed E-state index contributed by atoms with van der Waals surface area (Å²) in [7, 11) is -0.421. The summed E-state index contributed by atoms with van der Waals surface area (Å²) in [5.41, 5.74) is 1.81. The first kappa shape index (κ1) is 22.4. The van der Waals surface area contributed by atoms with Crippen LogP contribution in [0.25, 0.3) is 0 Å². The highest BCUT2D eigenvalue weighted by atomic mass is 32.2. The standard InChI is InChI=1S/C21H25N3O6S/c1-29-19-7-4-15(13-20(19)30-2)21(26)24-10-8-23(9-11-24)17-5-6-18(16(12-17)14-25)22-31(3,27)28/h4-7,12-14,22H,8-11H2,1-3H3. The predicted octanol–water partition coefficient (Wildman–Crippen LogP) is 1.85. The molecule has 2 aromatic rings. The molecule has 1 saturated heterocycles.